The van der Waals surface area contributed by atoms with Crippen molar-refractivity contribution >= 4 is 5.91 Å². The van der Waals surface area contributed by atoms with E-state index < -0.39 is 0 Å². The predicted octanol–water partition coefficient (Wildman–Crippen LogP) is 0.0268. The summed E-state index contributed by atoms with van der Waals surface area (Å²) in [6.45, 7) is 0.987. The molecule has 4 nitrogen and oxygen atoms in total. The Kier molecular flexibility index (Phi) is 4.68. The van der Waals surface area contributed by atoms with Crippen LogP contribution in [-0.2, 0) is 11.3 Å². The van der Waals surface area contributed by atoms with Gasteiger partial charge < -0.3 is 5.32 Å². The summed E-state index contributed by atoms with van der Waals surface area (Å²) in [6.07, 6.45) is 0. The van der Waals surface area contributed by atoms with Gasteiger partial charge in [-0.25, -0.2) is 5.43 Å². The Labute approximate surface area is 83.7 Å². The summed E-state index contributed by atoms with van der Waals surface area (Å²) in [5.74, 6) is -0.0365. The molecule has 0 atom stereocenters. The molecule has 1 rings (SSSR count). The highest BCUT2D eigenvalue weighted by atomic mass is 16.1. The fraction of sp³-hybridized carbons (Fsp3) is 0.300. The fourth-order valence-electron chi connectivity index (χ4n) is 0.992. The molecule has 1 aromatic rings. The van der Waals surface area contributed by atoms with Crippen LogP contribution in [0.15, 0.2) is 30.3 Å². The van der Waals surface area contributed by atoms with Gasteiger partial charge in [0.05, 0.1) is 6.54 Å². The molecule has 0 aliphatic carbocycles. The first-order valence-electron chi connectivity index (χ1n) is 4.53. The summed E-state index contributed by atoms with van der Waals surface area (Å²) < 4.78 is 0. The van der Waals surface area contributed by atoms with Gasteiger partial charge in [0.25, 0.3) is 0 Å². The maximum atomic E-state index is 10.8. The van der Waals surface area contributed by atoms with Crippen molar-refractivity contribution in [2.75, 3.05) is 13.6 Å². The molecule has 0 bridgehead atoms. The first-order valence-corrected chi connectivity index (χ1v) is 4.53. The van der Waals surface area contributed by atoms with Gasteiger partial charge >= 0.3 is 0 Å². The largest absolute Gasteiger partial charge is 0.358 e. The summed E-state index contributed by atoms with van der Waals surface area (Å²) >= 11 is 0. The van der Waals surface area contributed by atoms with Crippen molar-refractivity contribution in [3.8, 4) is 0 Å². The molecule has 76 valence electrons. The Bertz CT molecular complexity index is 274. The molecule has 4 heteroatoms. The van der Waals surface area contributed by atoms with E-state index in [2.05, 4.69) is 16.2 Å². The normalized spacial score (nSPS) is 9.79. The Hall–Kier alpha value is -1.39. The number of carbonyl (C=O) groups is 1. The van der Waals surface area contributed by atoms with E-state index in [1.54, 1.807) is 7.05 Å². The number of rotatable bonds is 5. The summed E-state index contributed by atoms with van der Waals surface area (Å²) in [5.41, 5.74) is 6.96. The van der Waals surface area contributed by atoms with E-state index in [0.29, 0.717) is 6.54 Å². The average Bonchev–Trinajstić information content (AvgIpc) is 2.25. The lowest BCUT2D eigenvalue weighted by atomic mass is 10.2. The van der Waals surface area contributed by atoms with Crippen LogP contribution in [-0.4, -0.2) is 19.5 Å². The molecule has 0 spiro atoms. The summed E-state index contributed by atoms with van der Waals surface area (Å²) in [5, 5.41) is 2.52. The van der Waals surface area contributed by atoms with Crippen molar-refractivity contribution in [2.24, 2.45) is 0 Å². The van der Waals surface area contributed by atoms with Gasteiger partial charge in [-0.15, -0.1) is 0 Å². The highest BCUT2D eigenvalue weighted by molar-refractivity contribution is 5.77. The Balaban J connectivity index is 2.13. The third-order valence-electron chi connectivity index (χ3n) is 1.79. The molecule has 0 saturated carbocycles. The van der Waals surface area contributed by atoms with E-state index in [1.807, 2.05) is 30.3 Å². The topological polar surface area (TPSA) is 53.2 Å². The second-order valence-electron chi connectivity index (χ2n) is 2.87. The molecular formula is C10H15N3O. The van der Waals surface area contributed by atoms with Gasteiger partial charge in [0, 0.05) is 13.6 Å². The second kappa shape index (κ2) is 6.12. The van der Waals surface area contributed by atoms with Crippen molar-refractivity contribution in [1.29, 1.82) is 0 Å². The molecule has 0 unspecified atom stereocenters. The highest BCUT2D eigenvalue weighted by Gasteiger charge is 1.95. The molecule has 3 N–H and O–H groups in total. The molecule has 0 radical (unpaired) electrons. The molecular weight excluding hydrogens is 178 g/mol. The second-order valence-corrected chi connectivity index (χ2v) is 2.87. The number of hydrogen-bond donors (Lipinski definition) is 3. The number of hydrogen-bond acceptors (Lipinski definition) is 3. The molecule has 0 aliphatic heterocycles. The van der Waals surface area contributed by atoms with Crippen molar-refractivity contribution in [3.05, 3.63) is 35.9 Å². The zero-order chi connectivity index (χ0) is 10.2. The van der Waals surface area contributed by atoms with Gasteiger partial charge in [0.1, 0.15) is 0 Å². The van der Waals surface area contributed by atoms with Crippen molar-refractivity contribution in [1.82, 2.24) is 16.2 Å². The lowest BCUT2D eigenvalue weighted by Crippen LogP contribution is -2.39. The third-order valence-corrected chi connectivity index (χ3v) is 1.79. The standard InChI is InChI=1S/C10H15N3O/c1-11-10(14)8-13-12-7-9-5-3-2-4-6-9/h2-6,12-13H,7-8H2,1H3,(H,11,14). The SMILES string of the molecule is CNC(=O)CNNCc1ccccc1. The minimum absolute atomic E-state index is 0.0365. The lowest BCUT2D eigenvalue weighted by Gasteiger charge is -2.05. The summed E-state index contributed by atoms with van der Waals surface area (Å²) in [7, 11) is 1.61. The Morgan fingerprint density at radius 3 is 2.57 bits per heavy atom. The number of hydrazine groups is 1. The molecule has 1 amide bonds. The number of nitrogens with one attached hydrogen (secondary N) is 3. The summed E-state index contributed by atoms with van der Waals surface area (Å²) in [6, 6.07) is 9.98. The van der Waals surface area contributed by atoms with Gasteiger partial charge in [-0.2, -0.15) is 0 Å². The molecule has 0 aromatic heterocycles. The minimum Gasteiger partial charge on any atom is -0.358 e. The molecule has 1 aromatic carbocycles. The lowest BCUT2D eigenvalue weighted by molar-refractivity contribution is -0.119. The number of benzene rings is 1. The predicted molar refractivity (Wildman–Crippen MR) is 55.4 cm³/mol. The van der Waals surface area contributed by atoms with E-state index in [4.69, 9.17) is 0 Å². The minimum atomic E-state index is -0.0365. The van der Waals surface area contributed by atoms with E-state index in [9.17, 15) is 4.79 Å². The quantitative estimate of drug-likeness (QED) is 0.456. The van der Waals surface area contributed by atoms with E-state index in [0.717, 1.165) is 0 Å². The van der Waals surface area contributed by atoms with Crippen LogP contribution < -0.4 is 16.2 Å². The van der Waals surface area contributed by atoms with Gasteiger partial charge in [-0.3, -0.25) is 10.2 Å². The maximum Gasteiger partial charge on any atom is 0.235 e. The first-order chi connectivity index (χ1) is 6.83. The summed E-state index contributed by atoms with van der Waals surface area (Å²) in [4.78, 5) is 10.8. The Morgan fingerprint density at radius 2 is 1.93 bits per heavy atom. The van der Waals surface area contributed by atoms with Crippen molar-refractivity contribution in [3.63, 3.8) is 0 Å². The van der Waals surface area contributed by atoms with Crippen LogP contribution in [0, 0.1) is 0 Å². The van der Waals surface area contributed by atoms with Crippen LogP contribution in [0.5, 0.6) is 0 Å². The third kappa shape index (κ3) is 4.02. The smallest absolute Gasteiger partial charge is 0.235 e. The first kappa shape index (κ1) is 10.7. The van der Waals surface area contributed by atoms with Crippen LogP contribution >= 0.6 is 0 Å². The Morgan fingerprint density at radius 1 is 1.21 bits per heavy atom. The maximum absolute atomic E-state index is 10.8. The van der Waals surface area contributed by atoms with Crippen molar-refractivity contribution in [2.45, 2.75) is 6.54 Å². The van der Waals surface area contributed by atoms with Gasteiger partial charge in [0.2, 0.25) is 5.91 Å². The van der Waals surface area contributed by atoms with Crippen LogP contribution in [0.1, 0.15) is 5.56 Å². The van der Waals surface area contributed by atoms with Crippen LogP contribution in [0.25, 0.3) is 0 Å². The van der Waals surface area contributed by atoms with E-state index in [-0.39, 0.29) is 12.5 Å². The van der Waals surface area contributed by atoms with E-state index in [1.165, 1.54) is 5.56 Å². The van der Waals surface area contributed by atoms with E-state index >= 15 is 0 Å². The fourth-order valence-corrected chi connectivity index (χ4v) is 0.992. The molecule has 0 fully saturated rings. The van der Waals surface area contributed by atoms with Gasteiger partial charge in [0.15, 0.2) is 0 Å². The number of carbonyl (C=O) groups excluding carboxylic acids is 1. The monoisotopic (exact) mass is 193 g/mol. The average molecular weight is 193 g/mol. The van der Waals surface area contributed by atoms with Crippen molar-refractivity contribution < 1.29 is 4.79 Å². The van der Waals surface area contributed by atoms with Crippen LogP contribution in [0.2, 0.25) is 0 Å². The molecule has 0 aliphatic rings. The van der Waals surface area contributed by atoms with Gasteiger partial charge in [-0.05, 0) is 5.56 Å². The van der Waals surface area contributed by atoms with Crippen LogP contribution in [0.4, 0.5) is 0 Å². The molecule has 0 saturated heterocycles. The highest BCUT2D eigenvalue weighted by Crippen LogP contribution is 1.95. The molecule has 14 heavy (non-hydrogen) atoms. The van der Waals surface area contributed by atoms with Crippen LogP contribution in [0.3, 0.4) is 0 Å². The zero-order valence-electron chi connectivity index (χ0n) is 8.21. The number of amides is 1. The zero-order valence-corrected chi connectivity index (χ0v) is 8.21. The molecule has 0 heterocycles. The van der Waals surface area contributed by atoms with Gasteiger partial charge in [-0.1, -0.05) is 30.3 Å². The number of likely N-dealkylation sites (N-methyl/N-ethyl adjacent to an activating group) is 1.